The second-order valence-corrected chi connectivity index (χ2v) is 3.43. The van der Waals surface area contributed by atoms with Crippen LogP contribution in [0.15, 0.2) is 18.2 Å². The lowest BCUT2D eigenvalue weighted by atomic mass is 10.2. The largest absolute Gasteiger partial charge is 0.483 e. The molecule has 0 aliphatic rings. The summed E-state index contributed by atoms with van der Waals surface area (Å²) in [5.74, 6) is -0.537. The van der Waals surface area contributed by atoms with Crippen molar-refractivity contribution in [2.24, 2.45) is 0 Å². The van der Waals surface area contributed by atoms with Gasteiger partial charge in [-0.05, 0) is 18.9 Å². The van der Waals surface area contributed by atoms with Crippen LogP contribution < -0.4 is 4.74 Å². The zero-order chi connectivity index (χ0) is 12.1. The van der Waals surface area contributed by atoms with Gasteiger partial charge in [-0.25, -0.2) is 4.39 Å². The summed E-state index contributed by atoms with van der Waals surface area (Å²) in [5, 5.41) is 10.7. The molecule has 16 heavy (non-hydrogen) atoms. The standard InChI is InChI=1S/C11H14FNO3/c1-3-9(4-2)16-11-7-8(12)5-6-10(11)13(14)15/h5-7,9H,3-4H2,1-2H3. The fourth-order valence-corrected chi connectivity index (χ4v) is 1.37. The van der Waals surface area contributed by atoms with Gasteiger partial charge in [0.25, 0.3) is 0 Å². The van der Waals surface area contributed by atoms with Crippen molar-refractivity contribution in [2.75, 3.05) is 0 Å². The first kappa shape index (κ1) is 12.4. The molecule has 0 bridgehead atoms. The fourth-order valence-electron chi connectivity index (χ4n) is 1.37. The van der Waals surface area contributed by atoms with E-state index in [4.69, 9.17) is 4.74 Å². The highest BCUT2D eigenvalue weighted by molar-refractivity contribution is 5.46. The van der Waals surface area contributed by atoms with Gasteiger partial charge >= 0.3 is 5.69 Å². The number of benzene rings is 1. The Bertz CT molecular complexity index is 377. The van der Waals surface area contributed by atoms with Crippen LogP contribution in [-0.4, -0.2) is 11.0 Å². The van der Waals surface area contributed by atoms with Gasteiger partial charge in [-0.1, -0.05) is 13.8 Å². The molecule has 1 aromatic rings. The summed E-state index contributed by atoms with van der Waals surface area (Å²) in [6, 6.07) is 3.22. The number of rotatable bonds is 5. The highest BCUT2D eigenvalue weighted by atomic mass is 19.1. The Morgan fingerprint density at radius 3 is 2.56 bits per heavy atom. The number of hydrogen-bond donors (Lipinski definition) is 0. The highest BCUT2D eigenvalue weighted by Gasteiger charge is 2.18. The molecule has 0 amide bonds. The van der Waals surface area contributed by atoms with E-state index in [1.54, 1.807) is 0 Å². The van der Waals surface area contributed by atoms with Gasteiger partial charge in [0.15, 0.2) is 5.75 Å². The number of nitro groups is 1. The van der Waals surface area contributed by atoms with Crippen molar-refractivity contribution in [3.05, 3.63) is 34.1 Å². The van der Waals surface area contributed by atoms with Crippen molar-refractivity contribution in [1.29, 1.82) is 0 Å². The summed E-state index contributed by atoms with van der Waals surface area (Å²) in [7, 11) is 0. The summed E-state index contributed by atoms with van der Waals surface area (Å²) in [4.78, 5) is 10.1. The maximum Gasteiger partial charge on any atom is 0.311 e. The van der Waals surface area contributed by atoms with Crippen LogP contribution in [0.3, 0.4) is 0 Å². The number of halogens is 1. The Morgan fingerprint density at radius 1 is 1.44 bits per heavy atom. The smallest absolute Gasteiger partial charge is 0.311 e. The van der Waals surface area contributed by atoms with Crippen LogP contribution in [0.4, 0.5) is 10.1 Å². The van der Waals surface area contributed by atoms with Crippen LogP contribution in [0.25, 0.3) is 0 Å². The molecule has 0 unspecified atom stereocenters. The van der Waals surface area contributed by atoms with Crippen molar-refractivity contribution in [2.45, 2.75) is 32.8 Å². The number of nitro benzene ring substituents is 1. The third-order valence-electron chi connectivity index (χ3n) is 2.32. The second kappa shape index (κ2) is 5.44. The lowest BCUT2D eigenvalue weighted by Crippen LogP contribution is -2.14. The summed E-state index contributed by atoms with van der Waals surface area (Å²) in [5.41, 5.74) is -0.201. The van der Waals surface area contributed by atoms with E-state index in [9.17, 15) is 14.5 Å². The summed E-state index contributed by atoms with van der Waals surface area (Å²) >= 11 is 0. The number of hydrogen-bond acceptors (Lipinski definition) is 3. The number of nitrogens with zero attached hydrogens (tertiary/aromatic N) is 1. The minimum Gasteiger partial charge on any atom is -0.483 e. The zero-order valence-electron chi connectivity index (χ0n) is 9.27. The third kappa shape index (κ3) is 2.92. The molecule has 0 aliphatic heterocycles. The Labute approximate surface area is 93.2 Å². The molecule has 0 aliphatic carbocycles. The molecule has 88 valence electrons. The minimum absolute atomic E-state index is 0.00120. The maximum atomic E-state index is 13.0. The molecule has 1 aromatic carbocycles. The molecule has 4 nitrogen and oxygen atoms in total. The van der Waals surface area contributed by atoms with Crippen molar-refractivity contribution in [1.82, 2.24) is 0 Å². The molecular weight excluding hydrogens is 213 g/mol. The van der Waals surface area contributed by atoms with Crippen molar-refractivity contribution < 1.29 is 14.1 Å². The second-order valence-electron chi connectivity index (χ2n) is 3.43. The first-order valence-corrected chi connectivity index (χ1v) is 5.19. The van der Waals surface area contributed by atoms with Gasteiger partial charge in [-0.2, -0.15) is 0 Å². The fraction of sp³-hybridized carbons (Fsp3) is 0.455. The van der Waals surface area contributed by atoms with Crippen LogP contribution in [0.2, 0.25) is 0 Å². The van der Waals surface area contributed by atoms with Gasteiger partial charge in [0.2, 0.25) is 0 Å². The Kier molecular flexibility index (Phi) is 4.22. The first-order valence-electron chi connectivity index (χ1n) is 5.19. The van der Waals surface area contributed by atoms with E-state index in [1.165, 1.54) is 0 Å². The molecule has 0 radical (unpaired) electrons. The average Bonchev–Trinajstić information content (AvgIpc) is 2.25. The molecule has 0 heterocycles. The lowest BCUT2D eigenvalue weighted by Gasteiger charge is -2.15. The van der Waals surface area contributed by atoms with E-state index in [0.717, 1.165) is 31.0 Å². The van der Waals surface area contributed by atoms with Gasteiger partial charge in [0.1, 0.15) is 5.82 Å². The Morgan fingerprint density at radius 2 is 2.06 bits per heavy atom. The van der Waals surface area contributed by atoms with Crippen molar-refractivity contribution >= 4 is 5.69 Å². The Balaban J connectivity index is 3.00. The molecule has 1 rings (SSSR count). The van der Waals surface area contributed by atoms with Crippen LogP contribution in [0.1, 0.15) is 26.7 Å². The third-order valence-corrected chi connectivity index (χ3v) is 2.32. The molecule has 0 N–H and O–H groups in total. The summed E-state index contributed by atoms with van der Waals surface area (Å²) in [6.45, 7) is 3.83. The molecule has 0 aromatic heterocycles. The van der Waals surface area contributed by atoms with Gasteiger partial charge < -0.3 is 4.74 Å². The van der Waals surface area contributed by atoms with Crippen LogP contribution >= 0.6 is 0 Å². The predicted octanol–water partition coefficient (Wildman–Crippen LogP) is 3.30. The van der Waals surface area contributed by atoms with E-state index in [-0.39, 0.29) is 17.5 Å². The molecule has 0 saturated carbocycles. The van der Waals surface area contributed by atoms with E-state index >= 15 is 0 Å². The van der Waals surface area contributed by atoms with Gasteiger partial charge in [0.05, 0.1) is 11.0 Å². The minimum atomic E-state index is -0.572. The highest BCUT2D eigenvalue weighted by Crippen LogP contribution is 2.29. The Hall–Kier alpha value is -1.65. The normalized spacial score (nSPS) is 10.5. The summed E-state index contributed by atoms with van der Waals surface area (Å²) < 4.78 is 18.4. The lowest BCUT2D eigenvalue weighted by molar-refractivity contribution is -0.386. The van der Waals surface area contributed by atoms with Gasteiger partial charge in [-0.15, -0.1) is 0 Å². The van der Waals surface area contributed by atoms with Gasteiger partial charge in [0, 0.05) is 12.1 Å². The first-order chi connectivity index (χ1) is 7.58. The summed E-state index contributed by atoms with van der Waals surface area (Å²) in [6.07, 6.45) is 1.33. The molecule has 0 spiro atoms. The monoisotopic (exact) mass is 227 g/mol. The SMILES string of the molecule is CCC(CC)Oc1cc(F)ccc1[N+](=O)[O-]. The van der Waals surface area contributed by atoms with Gasteiger partial charge in [-0.3, -0.25) is 10.1 Å². The molecule has 0 saturated heterocycles. The number of ether oxygens (including phenoxy) is 1. The molecule has 0 fully saturated rings. The van der Waals surface area contributed by atoms with Crippen LogP contribution in [-0.2, 0) is 0 Å². The van der Waals surface area contributed by atoms with Crippen LogP contribution in [0, 0.1) is 15.9 Å². The van der Waals surface area contributed by atoms with Crippen molar-refractivity contribution in [3.63, 3.8) is 0 Å². The van der Waals surface area contributed by atoms with Crippen LogP contribution in [0.5, 0.6) is 5.75 Å². The van der Waals surface area contributed by atoms with E-state index < -0.39 is 10.7 Å². The van der Waals surface area contributed by atoms with Crippen molar-refractivity contribution in [3.8, 4) is 5.75 Å². The van der Waals surface area contributed by atoms with E-state index in [2.05, 4.69) is 0 Å². The molecular formula is C11H14FNO3. The zero-order valence-corrected chi connectivity index (χ0v) is 9.27. The molecule has 5 heteroatoms. The topological polar surface area (TPSA) is 52.4 Å². The van der Waals surface area contributed by atoms with E-state index in [0.29, 0.717) is 0 Å². The molecule has 0 atom stereocenters. The quantitative estimate of drug-likeness (QED) is 0.572. The maximum absolute atomic E-state index is 13.0. The van der Waals surface area contributed by atoms with E-state index in [1.807, 2.05) is 13.8 Å². The average molecular weight is 227 g/mol. The predicted molar refractivity (Wildman–Crippen MR) is 58.1 cm³/mol.